The summed E-state index contributed by atoms with van der Waals surface area (Å²) in [5, 5.41) is 0. The van der Waals surface area contributed by atoms with Crippen molar-refractivity contribution in [2.24, 2.45) is 0 Å². The van der Waals surface area contributed by atoms with Crippen LogP contribution in [0.5, 0.6) is 11.5 Å². The van der Waals surface area contributed by atoms with Crippen molar-refractivity contribution in [1.82, 2.24) is 19.2 Å². The van der Waals surface area contributed by atoms with Gasteiger partial charge in [0.2, 0.25) is 16.8 Å². The minimum atomic E-state index is -3.60. The van der Waals surface area contributed by atoms with E-state index in [2.05, 4.69) is 14.9 Å². The Balaban J connectivity index is 1.62. The van der Waals surface area contributed by atoms with Crippen LogP contribution in [0.1, 0.15) is 11.9 Å². The maximum atomic E-state index is 13.0. The Hall–Kier alpha value is -2.10. The standard InChI is InChI=1S/C15H18N4O4S/c1-18-6-7-19(9-12(18)15-16-4-5-17-15)24(20,21)11-2-3-13-14(8-11)23-10-22-13/h2-5,8,12H,6-7,9-10H2,1H3,(H,16,17). The van der Waals surface area contributed by atoms with Gasteiger partial charge in [0, 0.05) is 38.1 Å². The first kappa shape index (κ1) is 15.4. The zero-order chi connectivity index (χ0) is 16.7. The van der Waals surface area contributed by atoms with Crippen LogP contribution in [0.2, 0.25) is 0 Å². The van der Waals surface area contributed by atoms with E-state index in [0.29, 0.717) is 31.1 Å². The number of benzene rings is 1. The third kappa shape index (κ3) is 2.54. The number of imidazole rings is 1. The number of fused-ring (bicyclic) bond motifs is 1. The Morgan fingerprint density at radius 3 is 2.88 bits per heavy atom. The van der Waals surface area contributed by atoms with Gasteiger partial charge in [-0.3, -0.25) is 4.90 Å². The van der Waals surface area contributed by atoms with Gasteiger partial charge >= 0.3 is 0 Å². The first-order valence-electron chi connectivity index (χ1n) is 7.65. The number of ether oxygens (including phenoxy) is 2. The molecule has 1 aromatic carbocycles. The molecule has 0 bridgehead atoms. The van der Waals surface area contributed by atoms with E-state index in [9.17, 15) is 8.42 Å². The van der Waals surface area contributed by atoms with Gasteiger partial charge in [0.05, 0.1) is 10.9 Å². The fourth-order valence-corrected chi connectivity index (χ4v) is 4.46. The van der Waals surface area contributed by atoms with Crippen molar-refractivity contribution in [3.63, 3.8) is 0 Å². The van der Waals surface area contributed by atoms with Crippen LogP contribution in [0, 0.1) is 0 Å². The van der Waals surface area contributed by atoms with Crippen molar-refractivity contribution in [3.05, 3.63) is 36.4 Å². The number of nitrogens with one attached hydrogen (secondary N) is 1. The van der Waals surface area contributed by atoms with E-state index in [4.69, 9.17) is 9.47 Å². The van der Waals surface area contributed by atoms with Crippen molar-refractivity contribution in [1.29, 1.82) is 0 Å². The fraction of sp³-hybridized carbons (Fsp3) is 0.400. The summed E-state index contributed by atoms with van der Waals surface area (Å²) in [5.74, 6) is 1.80. The molecule has 3 heterocycles. The zero-order valence-corrected chi connectivity index (χ0v) is 14.0. The highest BCUT2D eigenvalue weighted by atomic mass is 32.2. The third-order valence-corrected chi connectivity index (χ3v) is 6.29. The molecule has 128 valence electrons. The number of aromatic amines is 1. The molecule has 1 unspecified atom stereocenters. The highest BCUT2D eigenvalue weighted by molar-refractivity contribution is 7.89. The molecule has 1 saturated heterocycles. The Bertz CT molecular complexity index is 837. The van der Waals surface area contributed by atoms with Crippen LogP contribution in [-0.4, -0.2) is 61.1 Å². The Morgan fingerprint density at radius 1 is 1.25 bits per heavy atom. The number of hydrogen-bond donors (Lipinski definition) is 1. The second-order valence-corrected chi connectivity index (χ2v) is 7.79. The lowest BCUT2D eigenvalue weighted by Crippen LogP contribution is -2.49. The maximum absolute atomic E-state index is 13.0. The predicted octanol–water partition coefficient (Wildman–Crippen LogP) is 0.816. The Kier molecular flexibility index (Phi) is 3.70. The summed E-state index contributed by atoms with van der Waals surface area (Å²) in [6.07, 6.45) is 3.42. The maximum Gasteiger partial charge on any atom is 0.243 e. The summed E-state index contributed by atoms with van der Waals surface area (Å²) >= 11 is 0. The first-order chi connectivity index (χ1) is 11.6. The molecule has 24 heavy (non-hydrogen) atoms. The fourth-order valence-electron chi connectivity index (χ4n) is 3.01. The second-order valence-electron chi connectivity index (χ2n) is 5.85. The Morgan fingerprint density at radius 2 is 2.08 bits per heavy atom. The molecule has 2 aromatic rings. The van der Waals surface area contributed by atoms with Crippen molar-refractivity contribution in [3.8, 4) is 11.5 Å². The quantitative estimate of drug-likeness (QED) is 0.882. The van der Waals surface area contributed by atoms with E-state index in [1.54, 1.807) is 24.5 Å². The highest BCUT2D eigenvalue weighted by Gasteiger charge is 2.35. The van der Waals surface area contributed by atoms with Gasteiger partial charge in [-0.2, -0.15) is 4.31 Å². The molecule has 2 aliphatic heterocycles. The van der Waals surface area contributed by atoms with Gasteiger partial charge in [0.25, 0.3) is 0 Å². The molecule has 1 fully saturated rings. The lowest BCUT2D eigenvalue weighted by Gasteiger charge is -2.37. The van der Waals surface area contributed by atoms with E-state index in [1.165, 1.54) is 10.4 Å². The molecule has 1 N–H and O–H groups in total. The SMILES string of the molecule is CN1CCN(S(=O)(=O)c2ccc3c(c2)OCO3)CC1c1ncc[nH]1. The number of piperazine rings is 1. The average Bonchev–Trinajstić information content (AvgIpc) is 3.26. The molecule has 0 amide bonds. The minimum Gasteiger partial charge on any atom is -0.454 e. The van der Waals surface area contributed by atoms with E-state index in [1.807, 2.05) is 7.05 Å². The van der Waals surface area contributed by atoms with Crippen molar-refractivity contribution >= 4 is 10.0 Å². The van der Waals surface area contributed by atoms with Gasteiger partial charge in [-0.25, -0.2) is 13.4 Å². The lowest BCUT2D eigenvalue weighted by molar-refractivity contribution is 0.142. The largest absolute Gasteiger partial charge is 0.454 e. The second kappa shape index (κ2) is 5.76. The van der Waals surface area contributed by atoms with Crippen LogP contribution >= 0.6 is 0 Å². The van der Waals surface area contributed by atoms with Crippen LogP contribution < -0.4 is 9.47 Å². The molecule has 8 nitrogen and oxygen atoms in total. The van der Waals surface area contributed by atoms with Crippen LogP contribution in [0.4, 0.5) is 0 Å². The van der Waals surface area contributed by atoms with E-state index in [0.717, 1.165) is 5.82 Å². The van der Waals surface area contributed by atoms with Gasteiger partial charge in [-0.05, 0) is 19.2 Å². The smallest absolute Gasteiger partial charge is 0.243 e. The monoisotopic (exact) mass is 350 g/mol. The van der Waals surface area contributed by atoms with Crippen molar-refractivity contribution in [2.45, 2.75) is 10.9 Å². The van der Waals surface area contributed by atoms with Gasteiger partial charge in [-0.15, -0.1) is 0 Å². The van der Waals surface area contributed by atoms with Gasteiger partial charge in [-0.1, -0.05) is 0 Å². The molecule has 0 radical (unpaired) electrons. The molecule has 0 aliphatic carbocycles. The number of likely N-dealkylation sites (N-methyl/N-ethyl adjacent to an activating group) is 1. The number of H-pyrrole nitrogens is 1. The number of sulfonamides is 1. The van der Waals surface area contributed by atoms with Crippen LogP contribution in [0.15, 0.2) is 35.5 Å². The molecule has 9 heteroatoms. The average molecular weight is 350 g/mol. The minimum absolute atomic E-state index is 0.0995. The first-order valence-corrected chi connectivity index (χ1v) is 9.09. The normalized spacial score (nSPS) is 22.0. The van der Waals surface area contributed by atoms with Crippen molar-refractivity contribution in [2.75, 3.05) is 33.5 Å². The van der Waals surface area contributed by atoms with E-state index >= 15 is 0 Å². The predicted molar refractivity (Wildman–Crippen MR) is 85.3 cm³/mol. The third-order valence-electron chi connectivity index (χ3n) is 4.43. The molecule has 2 aliphatic rings. The van der Waals surface area contributed by atoms with Crippen LogP contribution in [0.25, 0.3) is 0 Å². The molecule has 0 spiro atoms. The zero-order valence-electron chi connectivity index (χ0n) is 13.2. The lowest BCUT2D eigenvalue weighted by atomic mass is 10.2. The summed E-state index contributed by atoms with van der Waals surface area (Å²) in [7, 11) is -1.63. The number of nitrogens with zero attached hydrogens (tertiary/aromatic N) is 3. The topological polar surface area (TPSA) is 87.8 Å². The molecular weight excluding hydrogens is 332 g/mol. The molecule has 4 rings (SSSR count). The van der Waals surface area contributed by atoms with Crippen LogP contribution in [0.3, 0.4) is 0 Å². The van der Waals surface area contributed by atoms with Crippen LogP contribution in [-0.2, 0) is 10.0 Å². The van der Waals surface area contributed by atoms with E-state index in [-0.39, 0.29) is 17.7 Å². The number of hydrogen-bond acceptors (Lipinski definition) is 6. The molecule has 1 aromatic heterocycles. The number of rotatable bonds is 3. The summed E-state index contributed by atoms with van der Waals surface area (Å²) in [4.78, 5) is 9.66. The van der Waals surface area contributed by atoms with Gasteiger partial charge in [0.15, 0.2) is 11.5 Å². The summed E-state index contributed by atoms with van der Waals surface area (Å²) in [5.41, 5.74) is 0. The molecule has 0 saturated carbocycles. The molecular formula is C15H18N4O4S. The van der Waals surface area contributed by atoms with Gasteiger partial charge in [0.1, 0.15) is 5.82 Å². The number of aromatic nitrogens is 2. The van der Waals surface area contributed by atoms with Crippen molar-refractivity contribution < 1.29 is 17.9 Å². The Labute approximate surface area is 140 Å². The van der Waals surface area contributed by atoms with E-state index < -0.39 is 10.0 Å². The highest BCUT2D eigenvalue weighted by Crippen LogP contribution is 2.35. The summed E-state index contributed by atoms with van der Waals surface area (Å²) in [6, 6.07) is 4.62. The summed E-state index contributed by atoms with van der Waals surface area (Å²) in [6.45, 7) is 1.54. The van der Waals surface area contributed by atoms with Gasteiger partial charge < -0.3 is 14.5 Å². The molecule has 1 atom stereocenters. The summed E-state index contributed by atoms with van der Waals surface area (Å²) < 4.78 is 38.0.